The third kappa shape index (κ3) is 6.11. The van der Waals surface area contributed by atoms with Gasteiger partial charge in [0.05, 0.1) is 17.2 Å². The Morgan fingerprint density at radius 3 is 2.15 bits per heavy atom. The van der Waals surface area contributed by atoms with Crippen molar-refractivity contribution in [2.24, 2.45) is 0 Å². The zero-order valence-corrected chi connectivity index (χ0v) is 20.0. The molecule has 3 aromatic rings. The van der Waals surface area contributed by atoms with Crippen LogP contribution in [0.1, 0.15) is 28.4 Å². The molecule has 8 heteroatoms. The molecule has 0 heterocycles. The molecule has 34 heavy (non-hydrogen) atoms. The van der Waals surface area contributed by atoms with Crippen molar-refractivity contribution in [1.82, 2.24) is 0 Å². The van der Waals surface area contributed by atoms with Crippen molar-refractivity contribution in [2.45, 2.75) is 18.7 Å². The summed E-state index contributed by atoms with van der Waals surface area (Å²) < 4.78 is 31.7. The average molecular weight is 479 g/mol. The Labute approximate surface area is 199 Å². The topological polar surface area (TPSA) is 92.8 Å². The molecule has 0 spiro atoms. The molecule has 0 radical (unpaired) electrons. The third-order valence-corrected chi connectivity index (χ3v) is 6.84. The number of nitrogens with zero attached hydrogens (tertiary/aromatic N) is 1. The van der Waals surface area contributed by atoms with E-state index < -0.39 is 16.0 Å². The van der Waals surface area contributed by atoms with Crippen LogP contribution >= 0.6 is 0 Å². The van der Waals surface area contributed by atoms with Gasteiger partial charge in [0.25, 0.3) is 15.9 Å². The van der Waals surface area contributed by atoms with Gasteiger partial charge >= 0.3 is 5.97 Å². The first-order valence-corrected chi connectivity index (χ1v) is 12.1. The van der Waals surface area contributed by atoms with Gasteiger partial charge in [0.15, 0.2) is 0 Å². The van der Waals surface area contributed by atoms with Crippen LogP contribution in [-0.4, -0.2) is 33.9 Å². The standard InChI is InChI=1S/C26H26N2O5S/c1-4-33-25(29)18-9-20-7-12-22(13-8-20)27-26(30)21-10-14-23(15-11-21)28(3)34(31,32)24-16-5-19(2)6-17-24/h5-18H,4H2,1-3H3,(H,27,30)/b18-9+. The number of hydrogen-bond acceptors (Lipinski definition) is 5. The van der Waals surface area contributed by atoms with E-state index in [0.717, 1.165) is 11.1 Å². The number of ether oxygens (including phenoxy) is 1. The van der Waals surface area contributed by atoms with Crippen LogP contribution in [0.15, 0.2) is 83.8 Å². The lowest BCUT2D eigenvalue weighted by atomic mass is 10.1. The predicted molar refractivity (Wildman–Crippen MR) is 133 cm³/mol. The molecule has 0 aliphatic carbocycles. The third-order valence-electron chi connectivity index (χ3n) is 5.04. The van der Waals surface area contributed by atoms with Crippen molar-refractivity contribution >= 4 is 39.4 Å². The van der Waals surface area contributed by atoms with E-state index in [1.54, 1.807) is 85.8 Å². The first kappa shape index (κ1) is 24.7. The monoisotopic (exact) mass is 478 g/mol. The fourth-order valence-electron chi connectivity index (χ4n) is 3.07. The molecule has 1 N–H and O–H groups in total. The van der Waals surface area contributed by atoms with Crippen LogP contribution in [0, 0.1) is 6.92 Å². The molecular weight excluding hydrogens is 452 g/mol. The minimum atomic E-state index is -3.71. The number of rotatable bonds is 8. The van der Waals surface area contributed by atoms with Gasteiger partial charge in [-0.15, -0.1) is 0 Å². The Bertz CT molecular complexity index is 1280. The van der Waals surface area contributed by atoms with E-state index in [-0.39, 0.29) is 10.8 Å². The van der Waals surface area contributed by atoms with Crippen molar-refractivity contribution in [3.05, 3.63) is 95.6 Å². The quantitative estimate of drug-likeness (QED) is 0.376. The van der Waals surface area contributed by atoms with E-state index >= 15 is 0 Å². The highest BCUT2D eigenvalue weighted by molar-refractivity contribution is 7.92. The predicted octanol–water partition coefficient (Wildman–Crippen LogP) is 4.65. The molecule has 0 aliphatic heterocycles. The lowest BCUT2D eigenvalue weighted by Crippen LogP contribution is -2.26. The summed E-state index contributed by atoms with van der Waals surface area (Å²) in [7, 11) is -2.24. The van der Waals surface area contributed by atoms with E-state index in [0.29, 0.717) is 23.5 Å². The molecule has 0 bridgehead atoms. The van der Waals surface area contributed by atoms with Crippen molar-refractivity contribution in [3.63, 3.8) is 0 Å². The van der Waals surface area contributed by atoms with Gasteiger partial charge < -0.3 is 10.1 Å². The fraction of sp³-hybridized carbons (Fsp3) is 0.154. The minimum Gasteiger partial charge on any atom is -0.463 e. The molecule has 176 valence electrons. The number of esters is 1. The van der Waals surface area contributed by atoms with Crippen LogP contribution in [0.2, 0.25) is 0 Å². The molecule has 0 aliphatic rings. The maximum absolute atomic E-state index is 12.9. The van der Waals surface area contributed by atoms with Crippen molar-refractivity contribution in [1.29, 1.82) is 0 Å². The number of sulfonamides is 1. The highest BCUT2D eigenvalue weighted by atomic mass is 32.2. The van der Waals surface area contributed by atoms with Gasteiger partial charge in [-0.2, -0.15) is 0 Å². The first-order valence-electron chi connectivity index (χ1n) is 10.6. The summed E-state index contributed by atoms with van der Waals surface area (Å²) in [5.41, 5.74) is 3.17. The Morgan fingerprint density at radius 1 is 0.941 bits per heavy atom. The van der Waals surface area contributed by atoms with Crippen molar-refractivity contribution in [3.8, 4) is 0 Å². The Hall–Kier alpha value is -3.91. The Morgan fingerprint density at radius 2 is 1.56 bits per heavy atom. The molecule has 0 unspecified atom stereocenters. The number of aryl methyl sites for hydroxylation is 1. The lowest BCUT2D eigenvalue weighted by Gasteiger charge is -2.20. The number of carbonyl (C=O) groups is 2. The van der Waals surface area contributed by atoms with Gasteiger partial charge in [-0.25, -0.2) is 13.2 Å². The van der Waals surface area contributed by atoms with E-state index in [4.69, 9.17) is 4.74 Å². The summed E-state index contributed by atoms with van der Waals surface area (Å²) in [4.78, 5) is 24.2. The molecule has 0 aromatic heterocycles. The number of carbonyl (C=O) groups excluding carboxylic acids is 2. The van der Waals surface area contributed by atoms with Gasteiger partial charge in [-0.3, -0.25) is 9.10 Å². The number of benzene rings is 3. The Kier molecular flexibility index (Phi) is 7.86. The fourth-order valence-corrected chi connectivity index (χ4v) is 4.26. The molecular formula is C26H26N2O5S. The van der Waals surface area contributed by atoms with E-state index in [9.17, 15) is 18.0 Å². The van der Waals surface area contributed by atoms with E-state index in [2.05, 4.69) is 5.32 Å². The van der Waals surface area contributed by atoms with Crippen LogP contribution in [0.3, 0.4) is 0 Å². The van der Waals surface area contributed by atoms with Gasteiger partial charge in [0.2, 0.25) is 0 Å². The van der Waals surface area contributed by atoms with Crippen molar-refractivity contribution < 1.29 is 22.7 Å². The smallest absolute Gasteiger partial charge is 0.330 e. The number of nitrogens with one attached hydrogen (secondary N) is 1. The zero-order chi connectivity index (χ0) is 24.7. The summed E-state index contributed by atoms with van der Waals surface area (Å²) in [6.07, 6.45) is 2.97. The SMILES string of the molecule is CCOC(=O)/C=C/c1ccc(NC(=O)c2ccc(N(C)S(=O)(=O)c3ccc(C)cc3)cc2)cc1. The summed E-state index contributed by atoms with van der Waals surface area (Å²) in [6.45, 7) is 3.94. The van der Waals surface area contributed by atoms with Crippen molar-refractivity contribution in [2.75, 3.05) is 23.3 Å². The Balaban J connectivity index is 1.66. The molecule has 1 amide bonds. The normalized spacial score (nSPS) is 11.3. The van der Waals surface area contributed by atoms with Gasteiger partial charge in [0, 0.05) is 24.4 Å². The van der Waals surface area contributed by atoms with Gasteiger partial charge in [0.1, 0.15) is 0 Å². The molecule has 0 fully saturated rings. The van der Waals surface area contributed by atoms with Crippen LogP contribution in [0.25, 0.3) is 6.08 Å². The second kappa shape index (κ2) is 10.8. The molecule has 7 nitrogen and oxygen atoms in total. The first-order chi connectivity index (χ1) is 16.2. The largest absolute Gasteiger partial charge is 0.463 e. The average Bonchev–Trinajstić information content (AvgIpc) is 2.83. The van der Waals surface area contributed by atoms with Crippen LogP contribution in [0.4, 0.5) is 11.4 Å². The van der Waals surface area contributed by atoms with Gasteiger partial charge in [-0.1, -0.05) is 29.8 Å². The zero-order valence-electron chi connectivity index (χ0n) is 19.2. The maximum atomic E-state index is 12.9. The van der Waals surface area contributed by atoms with Gasteiger partial charge in [-0.05, 0) is 74.0 Å². The summed E-state index contributed by atoms with van der Waals surface area (Å²) >= 11 is 0. The second-order valence-electron chi connectivity index (χ2n) is 7.49. The maximum Gasteiger partial charge on any atom is 0.330 e. The van der Waals surface area contributed by atoms with Crippen LogP contribution in [-0.2, 0) is 19.6 Å². The van der Waals surface area contributed by atoms with E-state index in [1.165, 1.54) is 17.4 Å². The van der Waals surface area contributed by atoms with Crippen LogP contribution < -0.4 is 9.62 Å². The molecule has 3 aromatic carbocycles. The number of hydrogen-bond donors (Lipinski definition) is 1. The molecule has 0 saturated carbocycles. The lowest BCUT2D eigenvalue weighted by molar-refractivity contribution is -0.137. The number of amides is 1. The summed E-state index contributed by atoms with van der Waals surface area (Å²) in [5, 5.41) is 2.79. The molecule has 0 saturated heterocycles. The highest BCUT2D eigenvalue weighted by Gasteiger charge is 2.21. The molecule has 3 rings (SSSR count). The second-order valence-corrected chi connectivity index (χ2v) is 9.46. The van der Waals surface area contributed by atoms with Crippen LogP contribution in [0.5, 0.6) is 0 Å². The highest BCUT2D eigenvalue weighted by Crippen LogP contribution is 2.23. The summed E-state index contributed by atoms with van der Waals surface area (Å²) in [6, 6.07) is 19.9. The summed E-state index contributed by atoms with van der Waals surface area (Å²) in [5.74, 6) is -0.744. The minimum absolute atomic E-state index is 0.197. The van der Waals surface area contributed by atoms with E-state index in [1.807, 2.05) is 6.92 Å². The number of anilines is 2. The molecule has 0 atom stereocenters.